The highest BCUT2D eigenvalue weighted by Gasteiger charge is 2.18. The first-order chi connectivity index (χ1) is 7.16. The molecule has 0 spiro atoms. The van der Waals surface area contributed by atoms with Gasteiger partial charge in [-0.05, 0) is 34.6 Å². The highest BCUT2D eigenvalue weighted by Crippen LogP contribution is 2.07. The van der Waals surface area contributed by atoms with Gasteiger partial charge in [-0.15, -0.1) is 0 Å². The highest BCUT2D eigenvalue weighted by atomic mass is 16.6. The lowest BCUT2D eigenvalue weighted by atomic mass is 10.1. The van der Waals surface area contributed by atoms with E-state index >= 15 is 0 Å². The van der Waals surface area contributed by atoms with E-state index in [4.69, 9.17) is 14.6 Å². The fourth-order valence-corrected chi connectivity index (χ4v) is 0.840. The largest absolute Gasteiger partial charge is 0.444 e. The van der Waals surface area contributed by atoms with Crippen molar-refractivity contribution in [2.24, 2.45) is 0 Å². The Hall–Kier alpha value is -0.810. The third-order valence-electron chi connectivity index (χ3n) is 1.64. The molecule has 16 heavy (non-hydrogen) atoms. The van der Waals surface area contributed by atoms with Crippen molar-refractivity contribution < 1.29 is 19.4 Å². The van der Waals surface area contributed by atoms with E-state index in [2.05, 4.69) is 5.32 Å². The van der Waals surface area contributed by atoms with Gasteiger partial charge in [0.05, 0.1) is 18.8 Å². The van der Waals surface area contributed by atoms with Crippen molar-refractivity contribution in [3.63, 3.8) is 0 Å². The van der Waals surface area contributed by atoms with Crippen molar-refractivity contribution in [2.45, 2.75) is 45.8 Å². The van der Waals surface area contributed by atoms with Crippen LogP contribution in [0.25, 0.3) is 0 Å². The lowest BCUT2D eigenvalue weighted by Crippen LogP contribution is -2.37. The maximum atomic E-state index is 11.2. The summed E-state index contributed by atoms with van der Waals surface area (Å²) in [7, 11) is 0. The van der Waals surface area contributed by atoms with Crippen LogP contribution < -0.4 is 5.32 Å². The molecule has 5 heteroatoms. The molecule has 0 saturated heterocycles. The number of carbonyl (C=O) groups is 1. The second-order valence-corrected chi connectivity index (χ2v) is 5.19. The Balaban J connectivity index is 3.64. The molecule has 0 aliphatic rings. The van der Waals surface area contributed by atoms with Gasteiger partial charge in [-0.3, -0.25) is 0 Å². The summed E-state index contributed by atoms with van der Waals surface area (Å²) in [6, 6.07) is 0. The molecule has 5 nitrogen and oxygen atoms in total. The van der Waals surface area contributed by atoms with Crippen LogP contribution in [0.4, 0.5) is 4.79 Å². The summed E-state index contributed by atoms with van der Waals surface area (Å²) >= 11 is 0. The number of carbonyl (C=O) groups excluding carboxylic acids is 1. The van der Waals surface area contributed by atoms with Gasteiger partial charge in [0.25, 0.3) is 0 Å². The number of nitrogens with one attached hydrogen (secondary N) is 1. The molecule has 0 aromatic heterocycles. The van der Waals surface area contributed by atoms with Gasteiger partial charge in [-0.25, -0.2) is 4.79 Å². The van der Waals surface area contributed by atoms with Crippen LogP contribution in [0.5, 0.6) is 0 Å². The Labute approximate surface area is 97.1 Å². The summed E-state index contributed by atoms with van der Waals surface area (Å²) in [6.07, 6.45) is -0.460. The van der Waals surface area contributed by atoms with Gasteiger partial charge >= 0.3 is 6.09 Å². The van der Waals surface area contributed by atoms with Gasteiger partial charge in [0.15, 0.2) is 0 Å². The summed E-state index contributed by atoms with van der Waals surface area (Å²) < 4.78 is 10.4. The zero-order valence-electron chi connectivity index (χ0n) is 10.8. The average molecular weight is 233 g/mol. The summed E-state index contributed by atoms with van der Waals surface area (Å²) in [5.41, 5.74) is -1.06. The van der Waals surface area contributed by atoms with Crippen LogP contribution in [-0.4, -0.2) is 42.2 Å². The van der Waals surface area contributed by atoms with Gasteiger partial charge < -0.3 is 19.9 Å². The molecule has 2 N–H and O–H groups in total. The third kappa shape index (κ3) is 8.49. The van der Waals surface area contributed by atoms with Crippen molar-refractivity contribution in [2.75, 3.05) is 19.8 Å². The Bertz CT molecular complexity index is 221. The summed E-state index contributed by atoms with van der Waals surface area (Å²) in [4.78, 5) is 11.2. The molecule has 96 valence electrons. The predicted molar refractivity (Wildman–Crippen MR) is 61.4 cm³/mol. The molecule has 0 rings (SSSR count). The van der Waals surface area contributed by atoms with Crippen molar-refractivity contribution in [1.29, 1.82) is 0 Å². The predicted octanol–water partition coefficient (Wildman–Crippen LogP) is 1.30. The fraction of sp³-hybridized carbons (Fsp3) is 0.909. The Kier molecular flexibility index (Phi) is 5.75. The van der Waals surface area contributed by atoms with E-state index < -0.39 is 17.3 Å². The second kappa shape index (κ2) is 6.06. The first kappa shape index (κ1) is 15.2. The quantitative estimate of drug-likeness (QED) is 0.702. The lowest BCUT2D eigenvalue weighted by Gasteiger charge is -2.23. The molecule has 0 atom stereocenters. The molecule has 0 heterocycles. The maximum Gasteiger partial charge on any atom is 0.407 e. The van der Waals surface area contributed by atoms with Crippen LogP contribution in [0.1, 0.15) is 34.6 Å². The molecular weight excluding hydrogens is 210 g/mol. The Morgan fingerprint density at radius 3 is 2.25 bits per heavy atom. The van der Waals surface area contributed by atoms with Crippen LogP contribution in [-0.2, 0) is 9.47 Å². The second-order valence-electron chi connectivity index (χ2n) is 5.19. The molecule has 0 fully saturated rings. The van der Waals surface area contributed by atoms with E-state index in [9.17, 15) is 4.79 Å². The van der Waals surface area contributed by atoms with E-state index in [0.29, 0.717) is 13.2 Å². The summed E-state index contributed by atoms with van der Waals surface area (Å²) in [6.45, 7) is 9.61. The average Bonchev–Trinajstić information content (AvgIpc) is 2.10. The zero-order chi connectivity index (χ0) is 12.8. The molecule has 0 aromatic rings. The molecule has 0 bridgehead atoms. The van der Waals surface area contributed by atoms with Crippen LogP contribution in [0.15, 0.2) is 0 Å². The Morgan fingerprint density at radius 1 is 1.25 bits per heavy atom. The number of aliphatic hydroxyl groups excluding tert-OH is 1. The number of hydrogen-bond acceptors (Lipinski definition) is 4. The first-order valence-electron chi connectivity index (χ1n) is 5.38. The normalized spacial score (nSPS) is 12.4. The number of hydrogen-bond donors (Lipinski definition) is 2. The Morgan fingerprint density at radius 2 is 1.81 bits per heavy atom. The molecule has 0 aliphatic carbocycles. The molecule has 0 unspecified atom stereocenters. The molecule has 0 saturated carbocycles. The summed E-state index contributed by atoms with van der Waals surface area (Å²) in [5.74, 6) is 0. The summed E-state index contributed by atoms with van der Waals surface area (Å²) in [5, 5.41) is 11.5. The fourth-order valence-electron chi connectivity index (χ4n) is 0.840. The van der Waals surface area contributed by atoms with Crippen molar-refractivity contribution in [3.05, 3.63) is 0 Å². The van der Waals surface area contributed by atoms with Gasteiger partial charge in [0.2, 0.25) is 0 Å². The minimum Gasteiger partial charge on any atom is -0.444 e. The van der Waals surface area contributed by atoms with Gasteiger partial charge in [-0.2, -0.15) is 0 Å². The molecule has 0 aliphatic heterocycles. The van der Waals surface area contributed by atoms with Crippen LogP contribution in [0.2, 0.25) is 0 Å². The van der Waals surface area contributed by atoms with Crippen molar-refractivity contribution in [1.82, 2.24) is 5.32 Å². The minimum atomic E-state index is -0.574. The van der Waals surface area contributed by atoms with E-state index in [0.717, 1.165) is 0 Å². The van der Waals surface area contributed by atoms with E-state index in [1.54, 1.807) is 34.6 Å². The SMILES string of the molecule is CC(C)(C)OC(=O)NCCOC(C)(C)CO. The maximum absolute atomic E-state index is 11.2. The number of aliphatic hydroxyl groups is 1. The third-order valence-corrected chi connectivity index (χ3v) is 1.64. The van der Waals surface area contributed by atoms with Gasteiger partial charge in [0.1, 0.15) is 5.60 Å². The number of ether oxygens (including phenoxy) is 2. The smallest absolute Gasteiger partial charge is 0.407 e. The van der Waals surface area contributed by atoms with Crippen molar-refractivity contribution >= 4 is 6.09 Å². The van der Waals surface area contributed by atoms with Crippen molar-refractivity contribution in [3.8, 4) is 0 Å². The van der Waals surface area contributed by atoms with E-state index in [1.807, 2.05) is 0 Å². The highest BCUT2D eigenvalue weighted by molar-refractivity contribution is 5.67. The van der Waals surface area contributed by atoms with Crippen LogP contribution >= 0.6 is 0 Å². The standard InChI is InChI=1S/C11H23NO4/c1-10(2,3)16-9(14)12-6-7-15-11(4,5)8-13/h13H,6-8H2,1-5H3,(H,12,14). The lowest BCUT2D eigenvalue weighted by molar-refractivity contribution is -0.0521. The van der Waals surface area contributed by atoms with E-state index in [1.165, 1.54) is 0 Å². The monoisotopic (exact) mass is 233 g/mol. The molecule has 0 radical (unpaired) electrons. The number of amides is 1. The molecule has 1 amide bonds. The topological polar surface area (TPSA) is 67.8 Å². The van der Waals surface area contributed by atoms with E-state index in [-0.39, 0.29) is 6.61 Å². The molecular formula is C11H23NO4. The van der Waals surface area contributed by atoms with Crippen LogP contribution in [0, 0.1) is 0 Å². The first-order valence-corrected chi connectivity index (χ1v) is 5.38. The van der Waals surface area contributed by atoms with Gasteiger partial charge in [0, 0.05) is 6.54 Å². The zero-order valence-corrected chi connectivity index (χ0v) is 10.8. The number of rotatable bonds is 5. The molecule has 0 aromatic carbocycles. The number of alkyl carbamates (subject to hydrolysis) is 1. The van der Waals surface area contributed by atoms with Gasteiger partial charge in [-0.1, -0.05) is 0 Å². The van der Waals surface area contributed by atoms with Crippen LogP contribution in [0.3, 0.4) is 0 Å². The minimum absolute atomic E-state index is 0.0561.